The fraction of sp³-hybridized carbons (Fsp3) is 0.250. The van der Waals surface area contributed by atoms with Gasteiger partial charge in [0, 0.05) is 12.5 Å². The van der Waals surface area contributed by atoms with Gasteiger partial charge in [-0.1, -0.05) is 18.2 Å². The van der Waals surface area contributed by atoms with Crippen LogP contribution in [0.4, 0.5) is 4.39 Å². The van der Waals surface area contributed by atoms with Crippen LogP contribution in [0.5, 0.6) is 5.75 Å². The van der Waals surface area contributed by atoms with E-state index >= 15 is 0 Å². The molecule has 0 saturated carbocycles. The summed E-state index contributed by atoms with van der Waals surface area (Å²) >= 11 is 3.20. The van der Waals surface area contributed by atoms with Crippen LogP contribution in [-0.2, 0) is 12.8 Å². The Kier molecular flexibility index (Phi) is 3.76. The smallest absolute Gasteiger partial charge is 0.137 e. The molecule has 4 heteroatoms. The minimum Gasteiger partial charge on any atom is -0.493 e. The Morgan fingerprint density at radius 3 is 2.90 bits per heavy atom. The van der Waals surface area contributed by atoms with Crippen LogP contribution in [0.2, 0.25) is 0 Å². The maximum absolute atomic E-state index is 13.2. The summed E-state index contributed by atoms with van der Waals surface area (Å²) in [5, 5.41) is 0. The van der Waals surface area contributed by atoms with E-state index in [4.69, 9.17) is 10.5 Å². The first-order valence-electron chi connectivity index (χ1n) is 6.58. The highest BCUT2D eigenvalue weighted by Gasteiger charge is 2.15. The highest BCUT2D eigenvalue weighted by molar-refractivity contribution is 9.10. The number of nitrogens with two attached hydrogens (primary N) is 1. The third-order valence-electron chi connectivity index (χ3n) is 3.58. The van der Waals surface area contributed by atoms with Crippen LogP contribution in [0.1, 0.15) is 22.7 Å². The Labute approximate surface area is 125 Å². The van der Waals surface area contributed by atoms with Crippen LogP contribution >= 0.6 is 15.9 Å². The summed E-state index contributed by atoms with van der Waals surface area (Å²) in [6.45, 7) is 0.749. The summed E-state index contributed by atoms with van der Waals surface area (Å²) in [6.07, 6.45) is 1.62. The highest BCUT2D eigenvalue weighted by atomic mass is 79.9. The molecule has 1 atom stereocenters. The molecule has 0 aromatic heterocycles. The molecule has 2 aromatic rings. The standard InChI is InChI=1S/C16H15BrFNO/c17-13-7-10(1-3-14(13)18)8-15(19)11-2-4-16-12(9-11)5-6-20-16/h1-4,7,9,15H,5-6,8,19H2. The van der Waals surface area contributed by atoms with Crippen LogP contribution in [0, 0.1) is 5.82 Å². The van der Waals surface area contributed by atoms with Crippen molar-refractivity contribution >= 4 is 15.9 Å². The quantitative estimate of drug-likeness (QED) is 0.926. The maximum Gasteiger partial charge on any atom is 0.137 e. The van der Waals surface area contributed by atoms with Crippen molar-refractivity contribution < 1.29 is 9.13 Å². The van der Waals surface area contributed by atoms with E-state index in [1.54, 1.807) is 12.1 Å². The summed E-state index contributed by atoms with van der Waals surface area (Å²) in [5.74, 6) is 0.711. The molecular weight excluding hydrogens is 321 g/mol. The fourth-order valence-corrected chi connectivity index (χ4v) is 2.90. The predicted octanol–water partition coefficient (Wildman–Crippen LogP) is 3.77. The van der Waals surface area contributed by atoms with Gasteiger partial charge in [-0.25, -0.2) is 4.39 Å². The predicted molar refractivity (Wildman–Crippen MR) is 80.4 cm³/mol. The number of benzene rings is 2. The van der Waals surface area contributed by atoms with Crippen LogP contribution in [0.25, 0.3) is 0 Å². The van der Waals surface area contributed by atoms with E-state index in [1.165, 1.54) is 11.6 Å². The van der Waals surface area contributed by atoms with Crippen molar-refractivity contribution in [3.63, 3.8) is 0 Å². The van der Waals surface area contributed by atoms with Crippen molar-refractivity contribution in [3.05, 3.63) is 63.4 Å². The SMILES string of the molecule is NC(Cc1ccc(F)c(Br)c1)c1ccc2c(c1)CCO2. The van der Waals surface area contributed by atoms with Gasteiger partial charge in [-0.15, -0.1) is 0 Å². The summed E-state index contributed by atoms with van der Waals surface area (Å²) in [4.78, 5) is 0. The highest BCUT2D eigenvalue weighted by Crippen LogP contribution is 2.29. The van der Waals surface area contributed by atoms with Crippen molar-refractivity contribution in [1.82, 2.24) is 0 Å². The molecule has 0 spiro atoms. The largest absolute Gasteiger partial charge is 0.493 e. The van der Waals surface area contributed by atoms with Gasteiger partial charge in [-0.3, -0.25) is 0 Å². The number of hydrogen-bond acceptors (Lipinski definition) is 2. The lowest BCUT2D eigenvalue weighted by molar-refractivity contribution is 0.357. The topological polar surface area (TPSA) is 35.2 Å². The Balaban J connectivity index is 1.78. The molecule has 2 nitrogen and oxygen atoms in total. The second kappa shape index (κ2) is 5.54. The first kappa shape index (κ1) is 13.6. The Hall–Kier alpha value is -1.39. The number of ether oxygens (including phenoxy) is 1. The molecule has 0 amide bonds. The molecular formula is C16H15BrFNO. The van der Waals surface area contributed by atoms with Crippen LogP contribution < -0.4 is 10.5 Å². The summed E-state index contributed by atoms with van der Waals surface area (Å²) in [6, 6.07) is 11.0. The van der Waals surface area contributed by atoms with Crippen LogP contribution in [0.3, 0.4) is 0 Å². The zero-order chi connectivity index (χ0) is 14.1. The zero-order valence-electron chi connectivity index (χ0n) is 10.9. The summed E-state index contributed by atoms with van der Waals surface area (Å²) < 4.78 is 19.2. The molecule has 1 aliphatic rings. The van der Waals surface area contributed by atoms with E-state index in [1.807, 2.05) is 12.1 Å². The van der Waals surface area contributed by atoms with Gasteiger partial charge in [-0.05, 0) is 57.2 Å². The van der Waals surface area contributed by atoms with E-state index < -0.39 is 0 Å². The lowest BCUT2D eigenvalue weighted by Crippen LogP contribution is -2.13. The molecule has 104 valence electrons. The average Bonchev–Trinajstić information content (AvgIpc) is 2.90. The lowest BCUT2D eigenvalue weighted by Gasteiger charge is -2.13. The van der Waals surface area contributed by atoms with Gasteiger partial charge < -0.3 is 10.5 Å². The van der Waals surface area contributed by atoms with E-state index in [2.05, 4.69) is 22.0 Å². The molecule has 2 aromatic carbocycles. The number of hydrogen-bond donors (Lipinski definition) is 1. The molecule has 0 bridgehead atoms. The van der Waals surface area contributed by atoms with Crippen molar-refractivity contribution in [1.29, 1.82) is 0 Å². The number of fused-ring (bicyclic) bond motifs is 1. The molecule has 20 heavy (non-hydrogen) atoms. The molecule has 0 fully saturated rings. The molecule has 1 aliphatic heterocycles. The second-order valence-corrected chi connectivity index (χ2v) is 5.88. The Morgan fingerprint density at radius 2 is 2.10 bits per heavy atom. The monoisotopic (exact) mass is 335 g/mol. The van der Waals surface area contributed by atoms with Crippen molar-refractivity contribution in [2.24, 2.45) is 5.73 Å². The van der Waals surface area contributed by atoms with Gasteiger partial charge in [0.15, 0.2) is 0 Å². The van der Waals surface area contributed by atoms with Crippen LogP contribution in [0.15, 0.2) is 40.9 Å². The normalized spacial score (nSPS) is 14.8. The minimum absolute atomic E-state index is 0.0988. The third-order valence-corrected chi connectivity index (χ3v) is 4.19. The Morgan fingerprint density at radius 1 is 1.25 bits per heavy atom. The van der Waals surface area contributed by atoms with Crippen molar-refractivity contribution in [3.8, 4) is 5.75 Å². The van der Waals surface area contributed by atoms with Gasteiger partial charge >= 0.3 is 0 Å². The van der Waals surface area contributed by atoms with Gasteiger partial charge in [0.25, 0.3) is 0 Å². The lowest BCUT2D eigenvalue weighted by atomic mass is 9.97. The van der Waals surface area contributed by atoms with Gasteiger partial charge in [0.1, 0.15) is 11.6 Å². The molecule has 0 radical (unpaired) electrons. The molecule has 1 heterocycles. The van der Waals surface area contributed by atoms with Crippen LogP contribution in [-0.4, -0.2) is 6.61 Å². The van der Waals surface area contributed by atoms with Crippen molar-refractivity contribution in [2.75, 3.05) is 6.61 Å². The average molecular weight is 336 g/mol. The molecule has 2 N–H and O–H groups in total. The molecule has 0 aliphatic carbocycles. The van der Waals surface area contributed by atoms with Crippen molar-refractivity contribution in [2.45, 2.75) is 18.9 Å². The molecule has 1 unspecified atom stereocenters. The third kappa shape index (κ3) is 2.72. The van der Waals surface area contributed by atoms with E-state index in [-0.39, 0.29) is 11.9 Å². The van der Waals surface area contributed by atoms with Gasteiger partial charge in [-0.2, -0.15) is 0 Å². The summed E-state index contributed by atoms with van der Waals surface area (Å²) in [5.41, 5.74) is 9.59. The fourth-order valence-electron chi connectivity index (χ4n) is 2.48. The number of rotatable bonds is 3. The minimum atomic E-state index is -0.253. The number of halogens is 2. The zero-order valence-corrected chi connectivity index (χ0v) is 12.5. The van der Waals surface area contributed by atoms with Gasteiger partial charge in [0.2, 0.25) is 0 Å². The first-order chi connectivity index (χ1) is 9.63. The maximum atomic E-state index is 13.2. The van der Waals surface area contributed by atoms with Gasteiger partial charge in [0.05, 0.1) is 11.1 Å². The Bertz CT molecular complexity index is 644. The molecule has 3 rings (SSSR count). The van der Waals surface area contributed by atoms with E-state index in [0.29, 0.717) is 10.9 Å². The van der Waals surface area contributed by atoms with E-state index in [9.17, 15) is 4.39 Å². The molecule has 0 saturated heterocycles. The first-order valence-corrected chi connectivity index (χ1v) is 7.38. The van der Waals surface area contributed by atoms with E-state index in [0.717, 1.165) is 29.9 Å². The second-order valence-electron chi connectivity index (χ2n) is 5.02. The summed E-state index contributed by atoms with van der Waals surface area (Å²) in [7, 11) is 0.